The van der Waals surface area contributed by atoms with E-state index < -0.39 is 0 Å². The predicted octanol–water partition coefficient (Wildman–Crippen LogP) is 2.91. The van der Waals surface area contributed by atoms with Crippen molar-refractivity contribution in [3.05, 3.63) is 58.3 Å². The van der Waals surface area contributed by atoms with Gasteiger partial charge in [0.15, 0.2) is 5.17 Å². The van der Waals surface area contributed by atoms with Gasteiger partial charge in [0.1, 0.15) is 0 Å². The van der Waals surface area contributed by atoms with E-state index in [0.29, 0.717) is 11.6 Å². The minimum atomic E-state index is -0.136. The van der Waals surface area contributed by atoms with E-state index in [1.165, 1.54) is 11.8 Å². The van der Waals surface area contributed by atoms with Gasteiger partial charge < -0.3 is 5.32 Å². The van der Waals surface area contributed by atoms with Crippen LogP contribution in [0.4, 0.5) is 0 Å². The SMILES string of the molecule is O=C1N/C(=N\N=Cc2cccs2)SC1Cc1ccccc1. The van der Waals surface area contributed by atoms with Crippen LogP contribution < -0.4 is 5.32 Å². The molecular formula is C15H13N3OS2. The third-order valence-corrected chi connectivity index (χ3v) is 4.80. The number of hydrogen-bond acceptors (Lipinski definition) is 5. The lowest BCUT2D eigenvalue weighted by Gasteiger charge is -2.04. The van der Waals surface area contributed by atoms with Crippen molar-refractivity contribution in [2.45, 2.75) is 11.7 Å². The Morgan fingerprint density at radius 1 is 1.19 bits per heavy atom. The van der Waals surface area contributed by atoms with Crippen molar-refractivity contribution in [1.82, 2.24) is 5.32 Å². The number of thioether (sulfide) groups is 1. The topological polar surface area (TPSA) is 53.8 Å². The van der Waals surface area contributed by atoms with E-state index in [9.17, 15) is 4.79 Å². The highest BCUT2D eigenvalue weighted by Crippen LogP contribution is 2.23. The highest BCUT2D eigenvalue weighted by Gasteiger charge is 2.30. The van der Waals surface area contributed by atoms with Gasteiger partial charge in [0.25, 0.3) is 0 Å². The number of rotatable bonds is 4. The van der Waals surface area contributed by atoms with Crippen LogP contribution in [-0.2, 0) is 11.2 Å². The van der Waals surface area contributed by atoms with E-state index in [-0.39, 0.29) is 11.2 Å². The smallest absolute Gasteiger partial charge is 0.239 e. The molecule has 0 radical (unpaired) electrons. The second kappa shape index (κ2) is 6.69. The molecule has 3 rings (SSSR count). The zero-order valence-electron chi connectivity index (χ0n) is 11.1. The minimum absolute atomic E-state index is 0.00562. The molecule has 106 valence electrons. The van der Waals surface area contributed by atoms with E-state index in [1.807, 2.05) is 47.8 Å². The lowest BCUT2D eigenvalue weighted by atomic mass is 10.1. The lowest BCUT2D eigenvalue weighted by Crippen LogP contribution is -2.25. The molecule has 1 aromatic heterocycles. The maximum atomic E-state index is 11.9. The van der Waals surface area contributed by atoms with Crippen molar-refractivity contribution in [2.75, 3.05) is 0 Å². The Morgan fingerprint density at radius 3 is 2.81 bits per heavy atom. The zero-order valence-corrected chi connectivity index (χ0v) is 12.7. The van der Waals surface area contributed by atoms with Crippen molar-refractivity contribution >= 4 is 40.4 Å². The van der Waals surface area contributed by atoms with Crippen molar-refractivity contribution in [1.29, 1.82) is 0 Å². The molecule has 0 bridgehead atoms. The Morgan fingerprint density at radius 2 is 2.05 bits per heavy atom. The standard InChI is InChI=1S/C15H13N3OS2/c19-14-13(9-11-5-2-1-3-6-11)21-15(17-14)18-16-10-12-7-4-8-20-12/h1-8,10,13H,9H2,(H,17,18,19). The molecule has 1 saturated heterocycles. The number of carbonyl (C=O) groups excluding carboxylic acids is 1. The van der Waals surface area contributed by atoms with Crippen LogP contribution in [0.25, 0.3) is 0 Å². The summed E-state index contributed by atoms with van der Waals surface area (Å²) in [5, 5.41) is 13.3. The predicted molar refractivity (Wildman–Crippen MR) is 89.0 cm³/mol. The molecular weight excluding hydrogens is 302 g/mol. The molecule has 1 N–H and O–H groups in total. The van der Waals surface area contributed by atoms with E-state index >= 15 is 0 Å². The minimum Gasteiger partial charge on any atom is -0.303 e. The maximum absolute atomic E-state index is 11.9. The average molecular weight is 315 g/mol. The molecule has 1 fully saturated rings. The lowest BCUT2D eigenvalue weighted by molar-refractivity contribution is -0.118. The molecule has 6 heteroatoms. The number of nitrogens with one attached hydrogen (secondary N) is 1. The highest BCUT2D eigenvalue weighted by atomic mass is 32.2. The molecule has 1 amide bonds. The number of nitrogens with zero attached hydrogens (tertiary/aromatic N) is 2. The Hall–Kier alpha value is -1.92. The van der Waals surface area contributed by atoms with Crippen LogP contribution in [0.15, 0.2) is 58.0 Å². The quantitative estimate of drug-likeness (QED) is 0.697. The second-order valence-electron chi connectivity index (χ2n) is 4.45. The first-order valence-corrected chi connectivity index (χ1v) is 8.23. The Kier molecular flexibility index (Phi) is 4.47. The first kappa shape index (κ1) is 14.0. The summed E-state index contributed by atoms with van der Waals surface area (Å²) in [7, 11) is 0. The van der Waals surface area contributed by atoms with Gasteiger partial charge >= 0.3 is 0 Å². The Balaban J connectivity index is 1.62. The number of benzene rings is 1. The van der Waals surface area contributed by atoms with Gasteiger partial charge in [0.2, 0.25) is 5.91 Å². The third kappa shape index (κ3) is 3.80. The zero-order chi connectivity index (χ0) is 14.5. The highest BCUT2D eigenvalue weighted by molar-refractivity contribution is 8.15. The van der Waals surface area contributed by atoms with Crippen LogP contribution in [0.5, 0.6) is 0 Å². The summed E-state index contributed by atoms with van der Waals surface area (Å²) in [6, 6.07) is 13.9. The Labute approximate surface area is 131 Å². The van der Waals surface area contributed by atoms with Gasteiger partial charge in [0, 0.05) is 4.88 Å². The second-order valence-corrected chi connectivity index (χ2v) is 6.62. The summed E-state index contributed by atoms with van der Waals surface area (Å²) in [4.78, 5) is 13.0. The Bertz CT molecular complexity index is 665. The molecule has 21 heavy (non-hydrogen) atoms. The number of hydrogen-bond donors (Lipinski definition) is 1. The molecule has 0 spiro atoms. The summed E-state index contributed by atoms with van der Waals surface area (Å²) in [6.07, 6.45) is 2.39. The summed E-state index contributed by atoms with van der Waals surface area (Å²) in [5.41, 5.74) is 1.15. The summed E-state index contributed by atoms with van der Waals surface area (Å²) >= 11 is 3.03. The monoisotopic (exact) mass is 315 g/mol. The maximum Gasteiger partial charge on any atom is 0.239 e. The molecule has 1 unspecified atom stereocenters. The molecule has 1 aromatic carbocycles. The van der Waals surface area contributed by atoms with E-state index in [0.717, 1.165) is 10.4 Å². The fraction of sp³-hybridized carbons (Fsp3) is 0.133. The van der Waals surface area contributed by atoms with Crippen LogP contribution in [0.2, 0.25) is 0 Å². The molecule has 2 aromatic rings. The normalized spacial score (nSPS) is 20.3. The van der Waals surface area contributed by atoms with Gasteiger partial charge in [-0.1, -0.05) is 48.2 Å². The van der Waals surface area contributed by atoms with E-state index in [2.05, 4.69) is 15.5 Å². The van der Waals surface area contributed by atoms with E-state index in [1.54, 1.807) is 17.6 Å². The molecule has 2 heterocycles. The molecule has 1 aliphatic rings. The van der Waals surface area contributed by atoms with Gasteiger partial charge in [0.05, 0.1) is 11.5 Å². The molecule has 1 aliphatic heterocycles. The van der Waals surface area contributed by atoms with Crippen LogP contribution in [0.3, 0.4) is 0 Å². The summed E-state index contributed by atoms with van der Waals surface area (Å²) < 4.78 is 0. The number of thiophene rings is 1. The average Bonchev–Trinajstić information content (AvgIpc) is 3.11. The third-order valence-electron chi connectivity index (χ3n) is 2.92. The number of amides is 1. The van der Waals surface area contributed by atoms with Crippen molar-refractivity contribution in [3.63, 3.8) is 0 Å². The summed E-state index contributed by atoms with van der Waals surface area (Å²) in [5.74, 6) is -0.00562. The van der Waals surface area contributed by atoms with Crippen LogP contribution >= 0.6 is 23.1 Å². The number of amidine groups is 1. The fourth-order valence-corrected chi connectivity index (χ4v) is 3.46. The largest absolute Gasteiger partial charge is 0.303 e. The van der Waals surface area contributed by atoms with Crippen LogP contribution in [0, 0.1) is 0 Å². The van der Waals surface area contributed by atoms with Crippen LogP contribution in [-0.4, -0.2) is 22.5 Å². The van der Waals surface area contributed by atoms with Gasteiger partial charge in [-0.3, -0.25) is 4.79 Å². The van der Waals surface area contributed by atoms with Crippen molar-refractivity contribution < 1.29 is 4.79 Å². The van der Waals surface area contributed by atoms with Gasteiger partial charge in [-0.05, 0) is 23.4 Å². The fourth-order valence-electron chi connectivity index (χ4n) is 1.92. The van der Waals surface area contributed by atoms with Crippen molar-refractivity contribution in [2.24, 2.45) is 10.2 Å². The summed E-state index contributed by atoms with van der Waals surface area (Å²) in [6.45, 7) is 0. The van der Waals surface area contributed by atoms with Crippen LogP contribution in [0.1, 0.15) is 10.4 Å². The number of carbonyl (C=O) groups is 1. The van der Waals surface area contributed by atoms with Gasteiger partial charge in [-0.25, -0.2) is 0 Å². The first-order valence-electron chi connectivity index (χ1n) is 6.47. The van der Waals surface area contributed by atoms with Gasteiger partial charge in [-0.2, -0.15) is 5.10 Å². The van der Waals surface area contributed by atoms with E-state index in [4.69, 9.17) is 0 Å². The first-order chi connectivity index (χ1) is 10.3. The molecule has 1 atom stereocenters. The molecule has 0 saturated carbocycles. The molecule has 4 nitrogen and oxygen atoms in total. The molecule has 0 aliphatic carbocycles. The van der Waals surface area contributed by atoms with Gasteiger partial charge in [-0.15, -0.1) is 16.4 Å². The van der Waals surface area contributed by atoms with Crippen molar-refractivity contribution in [3.8, 4) is 0 Å².